The van der Waals surface area contributed by atoms with Gasteiger partial charge in [0.1, 0.15) is 0 Å². The van der Waals surface area contributed by atoms with E-state index in [1.807, 2.05) is 0 Å². The highest BCUT2D eigenvalue weighted by molar-refractivity contribution is 7.86. The van der Waals surface area contributed by atoms with E-state index in [9.17, 15) is 18.1 Å². The van der Waals surface area contributed by atoms with Gasteiger partial charge in [-0.25, -0.2) is 0 Å². The summed E-state index contributed by atoms with van der Waals surface area (Å²) in [6.45, 7) is 4.35. The van der Waals surface area contributed by atoms with E-state index < -0.39 is 21.5 Å². The standard InChI is InChI=1S/C22H46O4S/c1-3-5-7-9-10-11-12-13-14-15-16-18-21(23)20-22(27(24,25)26)19-17-8-6-4-2/h21-23H,3-20H2,1-2H3,(H,24,25,26). The SMILES string of the molecule is CCCCCCCCCCCCCC(O)CC(CCCCCC)S(=O)(=O)O. The van der Waals surface area contributed by atoms with Gasteiger partial charge in [0.05, 0.1) is 11.4 Å². The van der Waals surface area contributed by atoms with Crippen molar-refractivity contribution in [2.75, 3.05) is 0 Å². The maximum absolute atomic E-state index is 11.5. The molecule has 0 aliphatic rings. The molecule has 0 heterocycles. The van der Waals surface area contributed by atoms with Gasteiger partial charge in [0, 0.05) is 0 Å². The molecule has 0 aromatic heterocycles. The molecule has 2 atom stereocenters. The minimum Gasteiger partial charge on any atom is -0.393 e. The van der Waals surface area contributed by atoms with Crippen molar-refractivity contribution < 1.29 is 18.1 Å². The fourth-order valence-electron chi connectivity index (χ4n) is 3.65. The molecular formula is C22H46O4S. The number of aliphatic hydroxyl groups is 1. The van der Waals surface area contributed by atoms with Crippen molar-refractivity contribution in [3.05, 3.63) is 0 Å². The van der Waals surface area contributed by atoms with Crippen molar-refractivity contribution in [3.63, 3.8) is 0 Å². The first kappa shape index (κ1) is 26.9. The molecule has 0 aliphatic carbocycles. The average Bonchev–Trinajstić information content (AvgIpc) is 2.61. The van der Waals surface area contributed by atoms with Crippen molar-refractivity contribution in [3.8, 4) is 0 Å². The van der Waals surface area contributed by atoms with Crippen LogP contribution in [-0.4, -0.2) is 29.4 Å². The summed E-state index contributed by atoms with van der Waals surface area (Å²) in [6.07, 6.45) is 18.5. The van der Waals surface area contributed by atoms with Crippen molar-refractivity contribution >= 4 is 10.1 Å². The Hall–Kier alpha value is -0.130. The highest BCUT2D eigenvalue weighted by Gasteiger charge is 2.25. The predicted octanol–water partition coefficient (Wildman–Crippen LogP) is 6.67. The van der Waals surface area contributed by atoms with Crippen molar-refractivity contribution in [1.82, 2.24) is 0 Å². The van der Waals surface area contributed by atoms with Gasteiger partial charge < -0.3 is 5.11 Å². The van der Waals surface area contributed by atoms with Crippen LogP contribution in [0.1, 0.15) is 129 Å². The van der Waals surface area contributed by atoms with Gasteiger partial charge in [0.15, 0.2) is 0 Å². The molecule has 5 heteroatoms. The molecular weight excluding hydrogens is 360 g/mol. The Balaban J connectivity index is 3.72. The van der Waals surface area contributed by atoms with Gasteiger partial charge in [-0.05, 0) is 19.3 Å². The summed E-state index contributed by atoms with van der Waals surface area (Å²) >= 11 is 0. The Morgan fingerprint density at radius 1 is 0.630 bits per heavy atom. The number of hydrogen-bond donors (Lipinski definition) is 2. The largest absolute Gasteiger partial charge is 0.393 e. The minimum atomic E-state index is -4.06. The van der Waals surface area contributed by atoms with Gasteiger partial charge in [0.25, 0.3) is 10.1 Å². The van der Waals surface area contributed by atoms with E-state index in [0.29, 0.717) is 12.8 Å². The van der Waals surface area contributed by atoms with Gasteiger partial charge >= 0.3 is 0 Å². The third kappa shape index (κ3) is 17.7. The highest BCUT2D eigenvalue weighted by Crippen LogP contribution is 2.19. The molecule has 4 nitrogen and oxygen atoms in total. The van der Waals surface area contributed by atoms with Crippen LogP contribution >= 0.6 is 0 Å². The molecule has 0 aliphatic heterocycles. The first-order valence-electron chi connectivity index (χ1n) is 11.6. The van der Waals surface area contributed by atoms with Gasteiger partial charge in [-0.1, -0.05) is 110 Å². The molecule has 0 fully saturated rings. The monoisotopic (exact) mass is 406 g/mol. The normalized spacial score (nSPS) is 14.4. The second-order valence-corrected chi connectivity index (χ2v) is 9.90. The second kappa shape index (κ2) is 17.9. The van der Waals surface area contributed by atoms with Gasteiger partial charge in [0.2, 0.25) is 0 Å². The Kier molecular flexibility index (Phi) is 17.8. The van der Waals surface area contributed by atoms with Crippen LogP contribution in [0, 0.1) is 0 Å². The van der Waals surface area contributed by atoms with Crippen LogP contribution in [0.15, 0.2) is 0 Å². The zero-order valence-electron chi connectivity index (χ0n) is 18.0. The molecule has 0 saturated heterocycles. The zero-order chi connectivity index (χ0) is 20.4. The first-order valence-corrected chi connectivity index (χ1v) is 13.1. The molecule has 0 spiro atoms. The predicted molar refractivity (Wildman–Crippen MR) is 116 cm³/mol. The Morgan fingerprint density at radius 2 is 1.00 bits per heavy atom. The van der Waals surface area contributed by atoms with E-state index in [-0.39, 0.29) is 6.42 Å². The van der Waals surface area contributed by atoms with Crippen LogP contribution in [0.3, 0.4) is 0 Å². The molecule has 0 aromatic carbocycles. The van der Waals surface area contributed by atoms with E-state index in [1.165, 1.54) is 57.8 Å². The van der Waals surface area contributed by atoms with Gasteiger partial charge in [-0.3, -0.25) is 4.55 Å². The summed E-state index contributed by atoms with van der Waals surface area (Å²) in [6, 6.07) is 0. The summed E-state index contributed by atoms with van der Waals surface area (Å²) in [7, 11) is -4.06. The fourth-order valence-corrected chi connectivity index (χ4v) is 4.58. The van der Waals surface area contributed by atoms with Crippen LogP contribution in [0.5, 0.6) is 0 Å². The molecule has 0 aromatic rings. The lowest BCUT2D eigenvalue weighted by Crippen LogP contribution is -2.26. The summed E-state index contributed by atoms with van der Waals surface area (Å²) < 4.78 is 32.5. The lowest BCUT2D eigenvalue weighted by Gasteiger charge is -2.18. The van der Waals surface area contributed by atoms with Crippen molar-refractivity contribution in [2.24, 2.45) is 0 Å². The molecule has 164 valence electrons. The molecule has 0 radical (unpaired) electrons. The van der Waals surface area contributed by atoms with Crippen LogP contribution in [-0.2, 0) is 10.1 Å². The van der Waals surface area contributed by atoms with Crippen molar-refractivity contribution in [2.45, 2.75) is 141 Å². The molecule has 2 N–H and O–H groups in total. The van der Waals surface area contributed by atoms with Gasteiger partial charge in [-0.15, -0.1) is 0 Å². The molecule has 0 rings (SSSR count). The summed E-state index contributed by atoms with van der Waals surface area (Å²) in [4.78, 5) is 0. The zero-order valence-corrected chi connectivity index (χ0v) is 18.8. The third-order valence-electron chi connectivity index (χ3n) is 5.48. The Bertz CT molecular complexity index is 409. The van der Waals surface area contributed by atoms with Crippen LogP contribution in [0.2, 0.25) is 0 Å². The lowest BCUT2D eigenvalue weighted by molar-refractivity contribution is 0.146. The van der Waals surface area contributed by atoms with E-state index >= 15 is 0 Å². The minimum absolute atomic E-state index is 0.169. The average molecular weight is 407 g/mol. The van der Waals surface area contributed by atoms with E-state index in [1.54, 1.807) is 0 Å². The third-order valence-corrected chi connectivity index (χ3v) is 6.75. The molecule has 0 saturated carbocycles. The maximum atomic E-state index is 11.5. The number of unbranched alkanes of at least 4 members (excludes halogenated alkanes) is 13. The summed E-state index contributed by atoms with van der Waals surface area (Å²) in [5, 5.41) is 9.35. The first-order chi connectivity index (χ1) is 12.9. The topological polar surface area (TPSA) is 74.6 Å². The van der Waals surface area contributed by atoms with Crippen LogP contribution in [0.25, 0.3) is 0 Å². The Morgan fingerprint density at radius 3 is 1.44 bits per heavy atom. The van der Waals surface area contributed by atoms with E-state index in [0.717, 1.165) is 38.5 Å². The number of rotatable bonds is 20. The maximum Gasteiger partial charge on any atom is 0.267 e. The number of hydrogen-bond acceptors (Lipinski definition) is 3. The number of aliphatic hydroxyl groups excluding tert-OH is 1. The van der Waals surface area contributed by atoms with E-state index in [4.69, 9.17) is 0 Å². The highest BCUT2D eigenvalue weighted by atomic mass is 32.2. The van der Waals surface area contributed by atoms with Gasteiger partial charge in [-0.2, -0.15) is 8.42 Å². The van der Waals surface area contributed by atoms with Crippen molar-refractivity contribution in [1.29, 1.82) is 0 Å². The smallest absolute Gasteiger partial charge is 0.267 e. The quantitative estimate of drug-likeness (QED) is 0.175. The molecule has 0 bridgehead atoms. The fraction of sp³-hybridized carbons (Fsp3) is 1.00. The summed E-state index contributed by atoms with van der Waals surface area (Å²) in [5.41, 5.74) is 0. The van der Waals surface area contributed by atoms with Crippen LogP contribution in [0.4, 0.5) is 0 Å². The molecule has 0 amide bonds. The Labute approximate surface area is 169 Å². The van der Waals surface area contributed by atoms with E-state index in [2.05, 4.69) is 13.8 Å². The molecule has 27 heavy (non-hydrogen) atoms. The molecule has 2 unspecified atom stereocenters. The lowest BCUT2D eigenvalue weighted by atomic mass is 10.0. The van der Waals surface area contributed by atoms with Crippen LogP contribution < -0.4 is 0 Å². The summed E-state index contributed by atoms with van der Waals surface area (Å²) in [5.74, 6) is 0. The second-order valence-electron chi connectivity index (χ2n) is 8.20.